The second-order valence-corrected chi connectivity index (χ2v) is 8.36. The number of hydrogen-bond donors (Lipinski definition) is 1. The smallest absolute Gasteiger partial charge is 0.224 e. The summed E-state index contributed by atoms with van der Waals surface area (Å²) in [7, 11) is 0. The molecule has 1 amide bonds. The zero-order chi connectivity index (χ0) is 20.2. The topological polar surface area (TPSA) is 69.2 Å². The minimum Gasteiger partial charge on any atom is -0.550 e. The van der Waals surface area contributed by atoms with Crippen LogP contribution in [0.4, 0.5) is 5.69 Å². The monoisotopic (exact) mass is 406 g/mol. The first-order valence-electron chi connectivity index (χ1n) is 8.61. The van der Waals surface area contributed by atoms with E-state index in [4.69, 9.17) is 23.2 Å². The molecule has 0 heterocycles. The quantitative estimate of drug-likeness (QED) is 0.764. The number of anilines is 1. The molecule has 6 heteroatoms. The maximum absolute atomic E-state index is 12.4. The molecule has 1 N–H and O–H groups in total. The van der Waals surface area contributed by atoms with Crippen LogP contribution in [0.3, 0.4) is 0 Å². The van der Waals surface area contributed by atoms with Crippen LogP contribution in [0, 0.1) is 0 Å². The average molecular weight is 407 g/mol. The fourth-order valence-corrected chi connectivity index (χ4v) is 3.38. The summed E-state index contributed by atoms with van der Waals surface area (Å²) in [5.74, 6) is -2.14. The van der Waals surface area contributed by atoms with Crippen LogP contribution in [-0.2, 0) is 15.0 Å². The van der Waals surface area contributed by atoms with Crippen LogP contribution in [0.1, 0.15) is 50.7 Å². The van der Waals surface area contributed by atoms with Crippen molar-refractivity contribution in [1.82, 2.24) is 0 Å². The summed E-state index contributed by atoms with van der Waals surface area (Å²) in [6.07, 6.45) is -0.339. The molecule has 0 saturated carbocycles. The lowest BCUT2D eigenvalue weighted by Crippen LogP contribution is -2.26. The number of carboxylic acid groups (broad SMARTS) is 1. The van der Waals surface area contributed by atoms with Gasteiger partial charge in [-0.2, -0.15) is 0 Å². The molecule has 0 aromatic heterocycles. The summed E-state index contributed by atoms with van der Waals surface area (Å²) in [4.78, 5) is 23.6. The minimum absolute atomic E-state index is 0.0213. The minimum atomic E-state index is -1.24. The molecule has 0 fully saturated rings. The summed E-state index contributed by atoms with van der Waals surface area (Å²) < 4.78 is 0. The molecule has 144 valence electrons. The number of benzene rings is 2. The van der Waals surface area contributed by atoms with Gasteiger partial charge in [0.2, 0.25) is 5.91 Å². The molecule has 0 spiro atoms. The number of rotatable bonds is 6. The summed E-state index contributed by atoms with van der Waals surface area (Å²) in [5, 5.41) is 14.7. The van der Waals surface area contributed by atoms with E-state index in [-0.39, 0.29) is 24.2 Å². The predicted octanol–water partition coefficient (Wildman–Crippen LogP) is 4.54. The number of hydrogen-bond acceptors (Lipinski definition) is 3. The summed E-state index contributed by atoms with van der Waals surface area (Å²) >= 11 is 12.1. The zero-order valence-corrected chi connectivity index (χ0v) is 17.0. The number of carboxylic acids is 1. The van der Waals surface area contributed by atoms with Crippen LogP contribution >= 0.6 is 23.2 Å². The SMILES string of the molecule is CC(C)(C)c1ccc(NC(=O)C[C@@H](CC(=O)[O-])c2ccc(Cl)cc2Cl)cc1. The Hall–Kier alpha value is -2.04. The number of halogens is 2. The van der Waals surface area contributed by atoms with E-state index in [1.165, 1.54) is 6.07 Å². The molecule has 27 heavy (non-hydrogen) atoms. The van der Waals surface area contributed by atoms with E-state index in [1.807, 2.05) is 24.3 Å². The van der Waals surface area contributed by atoms with E-state index in [0.29, 0.717) is 21.3 Å². The number of amides is 1. The van der Waals surface area contributed by atoms with Crippen molar-refractivity contribution in [2.75, 3.05) is 5.32 Å². The Morgan fingerprint density at radius 3 is 2.19 bits per heavy atom. The van der Waals surface area contributed by atoms with E-state index >= 15 is 0 Å². The fourth-order valence-electron chi connectivity index (χ4n) is 2.82. The van der Waals surface area contributed by atoms with Gasteiger partial charge in [0.1, 0.15) is 0 Å². The van der Waals surface area contributed by atoms with Crippen molar-refractivity contribution in [1.29, 1.82) is 0 Å². The van der Waals surface area contributed by atoms with Gasteiger partial charge in [0.05, 0.1) is 0 Å². The largest absolute Gasteiger partial charge is 0.550 e. The van der Waals surface area contributed by atoms with Crippen LogP contribution in [0.5, 0.6) is 0 Å². The zero-order valence-electron chi connectivity index (χ0n) is 15.5. The molecule has 2 aromatic carbocycles. The van der Waals surface area contributed by atoms with Gasteiger partial charge < -0.3 is 15.2 Å². The number of carbonyl (C=O) groups excluding carboxylic acids is 2. The van der Waals surface area contributed by atoms with Gasteiger partial charge in [-0.25, -0.2) is 0 Å². The van der Waals surface area contributed by atoms with Crippen LogP contribution in [0.15, 0.2) is 42.5 Å². The highest BCUT2D eigenvalue weighted by Gasteiger charge is 2.20. The summed E-state index contributed by atoms with van der Waals surface area (Å²) in [6.45, 7) is 6.34. The Labute approximate surface area is 169 Å². The number of nitrogens with one attached hydrogen (secondary N) is 1. The summed E-state index contributed by atoms with van der Waals surface area (Å²) in [6, 6.07) is 12.4. The molecule has 0 saturated heterocycles. The van der Waals surface area contributed by atoms with Crippen LogP contribution < -0.4 is 10.4 Å². The van der Waals surface area contributed by atoms with Crippen molar-refractivity contribution in [3.05, 3.63) is 63.6 Å². The highest BCUT2D eigenvalue weighted by atomic mass is 35.5. The second-order valence-electron chi connectivity index (χ2n) is 7.52. The fraction of sp³-hybridized carbons (Fsp3) is 0.333. The highest BCUT2D eigenvalue weighted by molar-refractivity contribution is 6.35. The molecule has 2 aromatic rings. The normalized spacial score (nSPS) is 12.5. The third-order valence-electron chi connectivity index (χ3n) is 4.28. The Balaban J connectivity index is 2.12. The molecule has 0 unspecified atom stereocenters. The molecule has 2 rings (SSSR count). The molecule has 4 nitrogen and oxygen atoms in total. The Morgan fingerprint density at radius 1 is 1.04 bits per heavy atom. The molecular weight excluding hydrogens is 385 g/mol. The molecule has 0 bridgehead atoms. The van der Waals surface area contributed by atoms with Gasteiger partial charge >= 0.3 is 0 Å². The Kier molecular flexibility index (Phi) is 6.90. The van der Waals surface area contributed by atoms with E-state index in [9.17, 15) is 14.7 Å². The van der Waals surface area contributed by atoms with Crippen molar-refractivity contribution < 1.29 is 14.7 Å². The first kappa shape index (κ1) is 21.3. The van der Waals surface area contributed by atoms with Crippen molar-refractivity contribution in [2.24, 2.45) is 0 Å². The molecule has 1 atom stereocenters. The van der Waals surface area contributed by atoms with Gasteiger partial charge in [0.15, 0.2) is 0 Å². The molecule has 0 radical (unpaired) electrons. The van der Waals surface area contributed by atoms with Gasteiger partial charge in [0.25, 0.3) is 0 Å². The van der Waals surface area contributed by atoms with Gasteiger partial charge in [-0.15, -0.1) is 0 Å². The number of aliphatic carboxylic acids is 1. The van der Waals surface area contributed by atoms with E-state index in [2.05, 4.69) is 26.1 Å². The predicted molar refractivity (Wildman–Crippen MR) is 107 cm³/mol. The third kappa shape index (κ3) is 6.26. The van der Waals surface area contributed by atoms with Crippen LogP contribution in [0.2, 0.25) is 10.0 Å². The second kappa shape index (κ2) is 8.77. The highest BCUT2D eigenvalue weighted by Crippen LogP contribution is 2.32. The van der Waals surface area contributed by atoms with Crippen molar-refractivity contribution in [3.63, 3.8) is 0 Å². The summed E-state index contributed by atoms with van der Waals surface area (Å²) in [5.41, 5.74) is 2.39. The van der Waals surface area contributed by atoms with Gasteiger partial charge in [-0.1, -0.05) is 62.2 Å². The molecule has 0 aliphatic carbocycles. The van der Waals surface area contributed by atoms with E-state index in [0.717, 1.165) is 5.56 Å². The van der Waals surface area contributed by atoms with Crippen molar-refractivity contribution >= 4 is 40.8 Å². The average Bonchev–Trinajstić information content (AvgIpc) is 2.53. The van der Waals surface area contributed by atoms with E-state index in [1.54, 1.807) is 12.1 Å². The Morgan fingerprint density at radius 2 is 1.67 bits per heavy atom. The lowest BCUT2D eigenvalue weighted by Gasteiger charge is -2.20. The molecular formula is C21H22Cl2NO3-. The Bertz CT molecular complexity index is 826. The maximum atomic E-state index is 12.4. The first-order chi connectivity index (χ1) is 12.6. The first-order valence-corrected chi connectivity index (χ1v) is 9.37. The van der Waals surface area contributed by atoms with Crippen molar-refractivity contribution in [2.45, 2.75) is 44.9 Å². The van der Waals surface area contributed by atoms with Gasteiger partial charge in [-0.3, -0.25) is 4.79 Å². The van der Waals surface area contributed by atoms with Crippen molar-refractivity contribution in [3.8, 4) is 0 Å². The molecule has 0 aliphatic rings. The third-order valence-corrected chi connectivity index (χ3v) is 4.84. The maximum Gasteiger partial charge on any atom is 0.224 e. The lowest BCUT2D eigenvalue weighted by atomic mass is 9.87. The van der Waals surface area contributed by atoms with Crippen LogP contribution in [-0.4, -0.2) is 11.9 Å². The van der Waals surface area contributed by atoms with Crippen LogP contribution in [0.25, 0.3) is 0 Å². The number of carbonyl (C=O) groups is 2. The molecule has 0 aliphatic heterocycles. The standard InChI is InChI=1S/C21H23Cl2NO3/c1-21(2,3)14-4-7-16(8-5-14)24-19(25)10-13(11-20(26)27)17-9-6-15(22)12-18(17)23/h4-9,12-13H,10-11H2,1-3H3,(H,24,25)(H,26,27)/p-1/t13-/m0/s1. The van der Waals surface area contributed by atoms with Gasteiger partial charge in [-0.05, 0) is 53.1 Å². The van der Waals surface area contributed by atoms with Gasteiger partial charge in [0, 0.05) is 28.1 Å². The lowest BCUT2D eigenvalue weighted by molar-refractivity contribution is -0.306. The van der Waals surface area contributed by atoms with E-state index < -0.39 is 11.9 Å².